The smallest absolute Gasteiger partial charge is 1.00 e. The van der Waals surface area contributed by atoms with Gasteiger partial charge in [0.2, 0.25) is 5.79 Å². The van der Waals surface area contributed by atoms with Gasteiger partial charge in [-0.15, -0.1) is 0 Å². The number of ether oxygens (including phenoxy) is 1. The summed E-state index contributed by atoms with van der Waals surface area (Å²) >= 11 is 0. The minimum atomic E-state index is -1.33. The number of carbonyl (C=O) groups is 1. The molecule has 3 nitrogen and oxygen atoms in total. The summed E-state index contributed by atoms with van der Waals surface area (Å²) < 4.78 is 4.35. The molecule has 1 N–H and O–H groups in total. The molecule has 0 aromatic carbocycles. The van der Waals surface area contributed by atoms with Gasteiger partial charge in [0.05, 0.1) is 0 Å². The molecule has 0 heterocycles. The van der Waals surface area contributed by atoms with Gasteiger partial charge in [0.25, 0.3) is 0 Å². The van der Waals surface area contributed by atoms with E-state index in [1.165, 1.54) is 20.8 Å². The zero-order valence-corrected chi connectivity index (χ0v) is 8.26. The molecule has 0 atom stereocenters. The van der Waals surface area contributed by atoms with Gasteiger partial charge < -0.3 is 11.3 Å². The second kappa shape index (κ2) is 4.28. The average molecular weight is 142 g/mol. The molecule has 9 heavy (non-hydrogen) atoms. The summed E-state index contributed by atoms with van der Waals surface area (Å²) in [5.41, 5.74) is 0. The Kier molecular flexibility index (Phi) is 5.77. The molecule has 50 valence electrons. The normalized spacial score (nSPS) is 9.78. The molecule has 0 fully saturated rings. The van der Waals surface area contributed by atoms with Crippen molar-refractivity contribution in [1.82, 2.24) is 0 Å². The van der Waals surface area contributed by atoms with E-state index in [9.17, 15) is 4.79 Å². The first kappa shape index (κ1) is 12.1. The summed E-state index contributed by atoms with van der Waals surface area (Å²) in [7, 11) is 0. The SMILES string of the molecule is CC(=O)OC(C)(C)O.[H-].[Na+]. The van der Waals surface area contributed by atoms with Crippen LogP contribution in [0.2, 0.25) is 0 Å². The molecule has 0 saturated heterocycles. The van der Waals surface area contributed by atoms with Crippen LogP contribution in [0.1, 0.15) is 22.2 Å². The van der Waals surface area contributed by atoms with Crippen LogP contribution in [-0.4, -0.2) is 16.9 Å². The molecule has 0 aromatic heterocycles. The van der Waals surface area contributed by atoms with Gasteiger partial charge in [0.1, 0.15) is 0 Å². The van der Waals surface area contributed by atoms with E-state index < -0.39 is 11.8 Å². The molecule has 0 radical (unpaired) electrons. The van der Waals surface area contributed by atoms with E-state index in [2.05, 4.69) is 4.74 Å². The number of rotatable bonds is 1. The van der Waals surface area contributed by atoms with Crippen molar-refractivity contribution in [1.29, 1.82) is 0 Å². The number of hydrogen-bond acceptors (Lipinski definition) is 3. The van der Waals surface area contributed by atoms with Crippen LogP contribution in [0.15, 0.2) is 0 Å². The van der Waals surface area contributed by atoms with Crippen molar-refractivity contribution in [2.24, 2.45) is 0 Å². The summed E-state index contributed by atoms with van der Waals surface area (Å²) in [4.78, 5) is 10.1. The third-order valence-electron chi connectivity index (χ3n) is 0.393. The second-order valence-electron chi connectivity index (χ2n) is 2.04. The fraction of sp³-hybridized carbons (Fsp3) is 0.800. The maximum atomic E-state index is 10.1. The topological polar surface area (TPSA) is 46.5 Å². The van der Waals surface area contributed by atoms with Crippen LogP contribution < -0.4 is 29.6 Å². The van der Waals surface area contributed by atoms with Gasteiger partial charge in [-0.25, -0.2) is 0 Å². The van der Waals surface area contributed by atoms with Crippen molar-refractivity contribution in [2.45, 2.75) is 26.6 Å². The minimum absolute atomic E-state index is 0. The first-order valence-electron chi connectivity index (χ1n) is 2.34. The molecule has 0 aromatic rings. The summed E-state index contributed by atoms with van der Waals surface area (Å²) in [5, 5.41) is 8.75. The molecular weight excluding hydrogens is 131 g/mol. The second-order valence-corrected chi connectivity index (χ2v) is 2.04. The Balaban J connectivity index is -0.000000245. The van der Waals surface area contributed by atoms with Crippen molar-refractivity contribution in [3.63, 3.8) is 0 Å². The van der Waals surface area contributed by atoms with Crippen LogP contribution >= 0.6 is 0 Å². The Hall–Kier alpha value is 0.430. The molecule has 4 heteroatoms. The van der Waals surface area contributed by atoms with E-state index in [-0.39, 0.29) is 31.0 Å². The maximum Gasteiger partial charge on any atom is 1.00 e. The van der Waals surface area contributed by atoms with E-state index in [1.54, 1.807) is 0 Å². The van der Waals surface area contributed by atoms with Gasteiger partial charge in [-0.2, -0.15) is 0 Å². The van der Waals surface area contributed by atoms with E-state index >= 15 is 0 Å². The number of aliphatic hydroxyl groups is 1. The van der Waals surface area contributed by atoms with Crippen molar-refractivity contribution < 1.29 is 45.6 Å². The molecular formula is C5H11NaO3. The largest absolute Gasteiger partial charge is 1.00 e. The Bertz CT molecular complexity index is 99.6. The predicted octanol–water partition coefficient (Wildman–Crippen LogP) is -2.61. The molecule has 0 aliphatic carbocycles. The summed E-state index contributed by atoms with van der Waals surface area (Å²) in [6.07, 6.45) is 0. The molecule has 0 aliphatic heterocycles. The Labute approximate surface area is 78.2 Å². The minimum Gasteiger partial charge on any atom is -1.00 e. The van der Waals surface area contributed by atoms with Gasteiger partial charge in [-0.05, 0) is 0 Å². The van der Waals surface area contributed by atoms with Gasteiger partial charge in [-0.3, -0.25) is 4.79 Å². The number of carbonyl (C=O) groups excluding carboxylic acids is 1. The molecule has 0 aliphatic rings. The van der Waals surface area contributed by atoms with E-state index in [0.717, 1.165) is 0 Å². The fourth-order valence-electron chi connectivity index (χ4n) is 0.352. The van der Waals surface area contributed by atoms with Gasteiger partial charge in [0, 0.05) is 20.8 Å². The summed E-state index contributed by atoms with van der Waals surface area (Å²) in [5.74, 6) is -1.80. The number of hydrogen-bond donors (Lipinski definition) is 1. The molecule has 0 amide bonds. The van der Waals surface area contributed by atoms with Crippen LogP contribution in [0, 0.1) is 0 Å². The zero-order valence-electron chi connectivity index (χ0n) is 7.26. The molecule has 0 bridgehead atoms. The molecule has 0 rings (SSSR count). The third-order valence-corrected chi connectivity index (χ3v) is 0.393. The molecule has 0 unspecified atom stereocenters. The van der Waals surface area contributed by atoms with E-state index in [0.29, 0.717) is 0 Å². The van der Waals surface area contributed by atoms with Gasteiger partial charge >= 0.3 is 35.5 Å². The van der Waals surface area contributed by atoms with Crippen molar-refractivity contribution in [3.8, 4) is 0 Å². The monoisotopic (exact) mass is 142 g/mol. The predicted molar refractivity (Wildman–Crippen MR) is 29.2 cm³/mol. The summed E-state index contributed by atoms with van der Waals surface area (Å²) in [6.45, 7) is 4.04. The average Bonchev–Trinajstić information content (AvgIpc) is 1.21. The van der Waals surface area contributed by atoms with Crippen LogP contribution in [0.4, 0.5) is 0 Å². The Morgan fingerprint density at radius 1 is 1.67 bits per heavy atom. The quantitative estimate of drug-likeness (QED) is 0.248. The first-order valence-corrected chi connectivity index (χ1v) is 2.34. The van der Waals surface area contributed by atoms with E-state index in [1.807, 2.05) is 0 Å². The van der Waals surface area contributed by atoms with Crippen LogP contribution in [0.3, 0.4) is 0 Å². The standard InChI is InChI=1S/C5H10O3.Na.H/c1-4(6)8-5(2,3)7;;/h7H,1-3H3;;/q;+1;-1. The van der Waals surface area contributed by atoms with Crippen LogP contribution in [-0.2, 0) is 9.53 Å². The van der Waals surface area contributed by atoms with Gasteiger partial charge in [-0.1, -0.05) is 0 Å². The van der Waals surface area contributed by atoms with Crippen molar-refractivity contribution in [3.05, 3.63) is 0 Å². The third kappa shape index (κ3) is 11.8. The van der Waals surface area contributed by atoms with Crippen molar-refractivity contribution in [2.75, 3.05) is 0 Å². The first-order chi connectivity index (χ1) is 3.42. The Morgan fingerprint density at radius 2 is 2.00 bits per heavy atom. The molecule has 0 spiro atoms. The van der Waals surface area contributed by atoms with Crippen molar-refractivity contribution >= 4 is 5.97 Å². The number of esters is 1. The zero-order chi connectivity index (χ0) is 6.78. The van der Waals surface area contributed by atoms with Gasteiger partial charge in [0.15, 0.2) is 0 Å². The van der Waals surface area contributed by atoms with Crippen LogP contribution in [0.5, 0.6) is 0 Å². The molecule has 0 saturated carbocycles. The van der Waals surface area contributed by atoms with E-state index in [4.69, 9.17) is 5.11 Å². The fourth-order valence-corrected chi connectivity index (χ4v) is 0.352. The van der Waals surface area contributed by atoms with Crippen LogP contribution in [0.25, 0.3) is 0 Å². The Morgan fingerprint density at radius 3 is 2.00 bits per heavy atom. The maximum absolute atomic E-state index is 10.1. The summed E-state index contributed by atoms with van der Waals surface area (Å²) in [6, 6.07) is 0.